The highest BCUT2D eigenvalue weighted by molar-refractivity contribution is 6.28. The first kappa shape index (κ1) is 30.7. The van der Waals surface area contributed by atoms with E-state index in [4.69, 9.17) is 4.98 Å². The van der Waals surface area contributed by atoms with Crippen LogP contribution >= 0.6 is 0 Å². The van der Waals surface area contributed by atoms with Gasteiger partial charge in [0.05, 0.1) is 5.69 Å². The van der Waals surface area contributed by atoms with Crippen LogP contribution in [0.2, 0.25) is 0 Å². The summed E-state index contributed by atoms with van der Waals surface area (Å²) < 4.78 is 0. The van der Waals surface area contributed by atoms with Gasteiger partial charge in [-0.25, -0.2) is 0 Å². The van der Waals surface area contributed by atoms with E-state index in [0.29, 0.717) is 0 Å². The number of nitrogens with zero attached hydrogens (tertiary/aromatic N) is 2. The van der Waals surface area contributed by atoms with E-state index in [1.165, 1.54) is 82.4 Å². The summed E-state index contributed by atoms with van der Waals surface area (Å²) in [4.78, 5) is 9.23. The highest BCUT2D eigenvalue weighted by Crippen LogP contribution is 2.58. The molecule has 2 nitrogen and oxygen atoms in total. The van der Waals surface area contributed by atoms with Gasteiger partial charge in [0.1, 0.15) is 0 Å². The predicted octanol–water partition coefficient (Wildman–Crippen LogP) is 11.5. The van der Waals surface area contributed by atoms with Crippen LogP contribution in [0.1, 0.15) is 26.0 Å². The number of aromatic nitrogens is 2. The molecule has 0 spiro atoms. The molecule has 0 bridgehead atoms. The molecule has 2 aromatic heterocycles. The summed E-state index contributed by atoms with van der Waals surface area (Å²) >= 11 is 0. The Kier molecular flexibility index (Phi) is 7.71. The fourth-order valence-electron chi connectivity index (χ4n) is 7.89. The number of rotatable bonds is 6. The Labute approximate surface area is 298 Å². The maximum Gasteiger partial charge on any atom is 0.0630 e. The van der Waals surface area contributed by atoms with Crippen molar-refractivity contribution in [2.45, 2.75) is 20.3 Å². The van der Waals surface area contributed by atoms with Crippen LogP contribution in [-0.4, -0.2) is 9.97 Å². The van der Waals surface area contributed by atoms with Crippen LogP contribution in [0.3, 0.4) is 0 Å². The molecule has 8 aromatic rings. The van der Waals surface area contributed by atoms with Crippen molar-refractivity contribution >= 4 is 39.3 Å². The lowest BCUT2D eigenvalue weighted by Gasteiger charge is -2.20. The first-order chi connectivity index (χ1) is 25.2. The first-order valence-electron chi connectivity index (χ1n) is 17.7. The zero-order valence-electron chi connectivity index (χ0n) is 28.8. The molecule has 0 saturated heterocycles. The molecule has 1 aliphatic rings. The summed E-state index contributed by atoms with van der Waals surface area (Å²) in [5, 5.41) is 7.46. The second-order valence-electron chi connectivity index (χ2n) is 13.3. The van der Waals surface area contributed by atoms with Gasteiger partial charge in [0.25, 0.3) is 0 Å². The largest absolute Gasteiger partial charge is 0.264 e. The third-order valence-electron chi connectivity index (χ3n) is 10.4. The molecule has 1 aliphatic carbocycles. The zero-order chi connectivity index (χ0) is 34.3. The molecule has 6 aromatic carbocycles. The van der Waals surface area contributed by atoms with Crippen molar-refractivity contribution in [2.24, 2.45) is 0 Å². The van der Waals surface area contributed by atoms with Crippen molar-refractivity contribution in [1.29, 1.82) is 0 Å². The Morgan fingerprint density at radius 3 is 1.82 bits per heavy atom. The molecule has 0 fully saturated rings. The van der Waals surface area contributed by atoms with E-state index in [9.17, 15) is 0 Å². The van der Waals surface area contributed by atoms with E-state index < -0.39 is 0 Å². The molecule has 0 atom stereocenters. The van der Waals surface area contributed by atoms with Gasteiger partial charge in [-0.15, -0.1) is 0 Å². The van der Waals surface area contributed by atoms with Crippen molar-refractivity contribution in [3.05, 3.63) is 174 Å². The second kappa shape index (κ2) is 12.8. The fraction of sp³-hybridized carbons (Fsp3) is 0.0612. The van der Waals surface area contributed by atoms with Crippen LogP contribution in [0, 0.1) is 0 Å². The molecule has 2 heteroatoms. The topological polar surface area (TPSA) is 25.8 Å². The van der Waals surface area contributed by atoms with Gasteiger partial charge >= 0.3 is 0 Å². The molecule has 0 saturated carbocycles. The number of pyridine rings is 2. The Morgan fingerprint density at radius 2 is 1.18 bits per heavy atom. The van der Waals surface area contributed by atoms with Gasteiger partial charge in [-0.1, -0.05) is 146 Å². The lowest BCUT2D eigenvalue weighted by Crippen LogP contribution is -2.26. The summed E-state index contributed by atoms with van der Waals surface area (Å²) in [6, 6.07) is 48.5. The average Bonchev–Trinajstić information content (AvgIpc) is 3.52. The number of allylic oxidation sites excluding steroid dienone is 1. The number of hydrogen-bond donors (Lipinski definition) is 0. The van der Waals surface area contributed by atoms with E-state index in [1.54, 1.807) is 0 Å². The van der Waals surface area contributed by atoms with Gasteiger partial charge in [-0.3, -0.25) is 9.97 Å². The molecular formula is C49H36N2. The summed E-state index contributed by atoms with van der Waals surface area (Å²) in [5.74, 6) is 0. The van der Waals surface area contributed by atoms with E-state index in [1.807, 2.05) is 18.6 Å². The monoisotopic (exact) mass is 652 g/mol. The number of hydrogen-bond acceptors (Lipinski definition) is 2. The normalized spacial score (nSPS) is 12.9. The minimum Gasteiger partial charge on any atom is -0.264 e. The molecule has 2 heterocycles. The molecule has 242 valence electrons. The number of fused-ring (bicyclic) bond motifs is 4. The zero-order valence-corrected chi connectivity index (χ0v) is 28.8. The Balaban J connectivity index is 1.21. The van der Waals surface area contributed by atoms with Crippen molar-refractivity contribution in [3.63, 3.8) is 0 Å². The summed E-state index contributed by atoms with van der Waals surface area (Å²) in [5.41, 5.74) is 14.8. The van der Waals surface area contributed by atoms with E-state index in [0.717, 1.165) is 22.9 Å². The SMILES string of the molecule is CC\C(C)=c1/ccnc/c1=C/C=C/c1ccc(-c2ccc3c4c(cccc24)-c2c-3c(-c3ccccc3)c3ccccc3c2-c2ccccc2)cn1. The molecular weight excluding hydrogens is 617 g/mol. The molecule has 51 heavy (non-hydrogen) atoms. The van der Waals surface area contributed by atoms with Crippen molar-refractivity contribution in [2.75, 3.05) is 0 Å². The Bertz CT molecular complexity index is 2670. The third kappa shape index (κ3) is 5.19. The van der Waals surface area contributed by atoms with Crippen LogP contribution < -0.4 is 10.4 Å². The number of benzene rings is 6. The van der Waals surface area contributed by atoms with Gasteiger partial charge in [0, 0.05) is 24.2 Å². The standard InChI is InChI=1S/C49H36N2/c1-3-32(2)38-28-29-50-30-35(38)18-12-19-37-25-24-36(31-51-37)39-26-27-44-47-40(39)22-13-23-43(47)48-45(33-14-6-4-7-15-33)41-20-10-11-21-42(41)46(49(44)48)34-16-8-5-9-17-34/h4-31H,3H2,1-2H3/b19-12+,35-18-,38-32+. The van der Waals surface area contributed by atoms with Crippen LogP contribution in [0.15, 0.2) is 158 Å². The highest BCUT2D eigenvalue weighted by atomic mass is 14.7. The quantitative estimate of drug-likeness (QED) is 0.179. The van der Waals surface area contributed by atoms with E-state index >= 15 is 0 Å². The Hall–Kier alpha value is -6.38. The molecule has 0 amide bonds. The Morgan fingerprint density at radius 1 is 0.549 bits per heavy atom. The predicted molar refractivity (Wildman–Crippen MR) is 216 cm³/mol. The summed E-state index contributed by atoms with van der Waals surface area (Å²) in [6.07, 6.45) is 13.1. The van der Waals surface area contributed by atoms with E-state index in [-0.39, 0.29) is 0 Å². The van der Waals surface area contributed by atoms with Crippen molar-refractivity contribution in [1.82, 2.24) is 9.97 Å². The molecule has 0 radical (unpaired) electrons. The molecule has 9 rings (SSSR count). The third-order valence-corrected chi connectivity index (χ3v) is 10.4. The van der Waals surface area contributed by atoms with Crippen LogP contribution in [0.5, 0.6) is 0 Å². The van der Waals surface area contributed by atoms with Gasteiger partial charge in [-0.05, 0) is 114 Å². The van der Waals surface area contributed by atoms with Gasteiger partial charge in [0.2, 0.25) is 0 Å². The maximum absolute atomic E-state index is 4.88. The van der Waals surface area contributed by atoms with Crippen LogP contribution in [-0.2, 0) is 0 Å². The summed E-state index contributed by atoms with van der Waals surface area (Å²) in [7, 11) is 0. The first-order valence-corrected chi connectivity index (χ1v) is 17.7. The minimum absolute atomic E-state index is 0.918. The van der Waals surface area contributed by atoms with Crippen LogP contribution in [0.4, 0.5) is 0 Å². The van der Waals surface area contributed by atoms with Gasteiger partial charge in [-0.2, -0.15) is 0 Å². The van der Waals surface area contributed by atoms with Crippen molar-refractivity contribution in [3.8, 4) is 55.6 Å². The smallest absolute Gasteiger partial charge is 0.0630 e. The van der Waals surface area contributed by atoms with Gasteiger partial charge < -0.3 is 0 Å². The fourth-order valence-corrected chi connectivity index (χ4v) is 7.89. The minimum atomic E-state index is 0.918. The summed E-state index contributed by atoms with van der Waals surface area (Å²) in [6.45, 7) is 4.37. The lowest BCUT2D eigenvalue weighted by atomic mass is 9.82. The average molecular weight is 653 g/mol. The van der Waals surface area contributed by atoms with Gasteiger partial charge in [0.15, 0.2) is 0 Å². The van der Waals surface area contributed by atoms with Crippen molar-refractivity contribution < 1.29 is 0 Å². The maximum atomic E-state index is 4.88. The molecule has 0 unspecified atom stereocenters. The molecule has 0 N–H and O–H groups in total. The molecule has 0 aliphatic heterocycles. The lowest BCUT2D eigenvalue weighted by molar-refractivity contribution is 1.18. The highest BCUT2D eigenvalue weighted by Gasteiger charge is 2.31. The van der Waals surface area contributed by atoms with Crippen LogP contribution in [0.25, 0.3) is 94.9 Å². The van der Waals surface area contributed by atoms with E-state index in [2.05, 4.69) is 171 Å². The second-order valence-corrected chi connectivity index (χ2v) is 13.3.